The molecule has 2 heterocycles. The molecule has 0 N–H and O–H groups in total. The van der Waals surface area contributed by atoms with Crippen molar-refractivity contribution in [1.82, 2.24) is 9.78 Å². The zero-order valence-corrected chi connectivity index (χ0v) is 10.5. The first-order valence-corrected chi connectivity index (χ1v) is 6.07. The van der Waals surface area contributed by atoms with Crippen molar-refractivity contribution in [2.45, 2.75) is 6.42 Å². The molecule has 3 nitrogen and oxygen atoms in total. The molecular formula is C10H9BrN2OS. The van der Waals surface area contributed by atoms with E-state index < -0.39 is 0 Å². The molecule has 0 saturated carbocycles. The summed E-state index contributed by atoms with van der Waals surface area (Å²) in [5.41, 5.74) is 1.71. The zero-order valence-electron chi connectivity index (χ0n) is 8.11. The summed E-state index contributed by atoms with van der Waals surface area (Å²) in [6.45, 7) is 0. The lowest BCUT2D eigenvalue weighted by Crippen LogP contribution is -2.00. The third kappa shape index (κ3) is 2.54. The van der Waals surface area contributed by atoms with Crippen molar-refractivity contribution in [3.8, 4) is 0 Å². The third-order valence-corrected chi connectivity index (χ3v) is 3.52. The van der Waals surface area contributed by atoms with Crippen LogP contribution in [0.2, 0.25) is 0 Å². The lowest BCUT2D eigenvalue weighted by molar-refractivity contribution is 0.0993. The normalized spacial score (nSPS) is 10.5. The second-order valence-electron chi connectivity index (χ2n) is 3.26. The third-order valence-electron chi connectivity index (χ3n) is 2.01. The highest BCUT2D eigenvalue weighted by Crippen LogP contribution is 2.21. The Bertz CT molecular complexity index is 489. The predicted octanol–water partition coefficient (Wildman–Crippen LogP) is 2.67. The van der Waals surface area contributed by atoms with Crippen LogP contribution in [0.25, 0.3) is 0 Å². The first kappa shape index (κ1) is 10.6. The molecule has 15 heavy (non-hydrogen) atoms. The Hall–Kier alpha value is -0.940. The van der Waals surface area contributed by atoms with Crippen LogP contribution in [0.1, 0.15) is 15.9 Å². The standard InChI is InChI=1S/C10H9BrN2OS/c1-13-5-7(4-12-13)2-9(14)8-3-10(11)15-6-8/h3-6H,2H2,1H3. The van der Waals surface area contributed by atoms with Gasteiger partial charge in [0, 0.05) is 30.6 Å². The summed E-state index contributed by atoms with van der Waals surface area (Å²) in [6, 6.07) is 1.85. The van der Waals surface area contributed by atoms with Gasteiger partial charge in [0.2, 0.25) is 0 Å². The predicted molar refractivity (Wildman–Crippen MR) is 63.3 cm³/mol. The van der Waals surface area contributed by atoms with Gasteiger partial charge < -0.3 is 0 Å². The summed E-state index contributed by atoms with van der Waals surface area (Å²) in [6.07, 6.45) is 4.00. The van der Waals surface area contributed by atoms with Crippen LogP contribution in [0, 0.1) is 0 Å². The molecular weight excluding hydrogens is 276 g/mol. The molecule has 5 heteroatoms. The van der Waals surface area contributed by atoms with Gasteiger partial charge in [-0.25, -0.2) is 0 Å². The average molecular weight is 285 g/mol. The topological polar surface area (TPSA) is 34.9 Å². The number of aromatic nitrogens is 2. The van der Waals surface area contributed by atoms with Gasteiger partial charge in [0.1, 0.15) is 0 Å². The van der Waals surface area contributed by atoms with Gasteiger partial charge in [-0.2, -0.15) is 5.10 Å². The quantitative estimate of drug-likeness (QED) is 0.813. The first-order chi connectivity index (χ1) is 7.15. The molecule has 0 unspecified atom stereocenters. The number of hydrogen-bond acceptors (Lipinski definition) is 3. The van der Waals surface area contributed by atoms with E-state index in [1.54, 1.807) is 10.9 Å². The van der Waals surface area contributed by atoms with E-state index in [4.69, 9.17) is 0 Å². The maximum Gasteiger partial charge on any atom is 0.168 e. The van der Waals surface area contributed by atoms with Crippen molar-refractivity contribution in [2.24, 2.45) is 7.05 Å². The Morgan fingerprint density at radius 1 is 1.67 bits per heavy atom. The Balaban J connectivity index is 2.10. The molecule has 0 aliphatic rings. The molecule has 2 rings (SSSR count). The molecule has 0 radical (unpaired) electrons. The van der Waals surface area contributed by atoms with Gasteiger partial charge in [-0.3, -0.25) is 9.48 Å². The Kier molecular flexibility index (Phi) is 3.02. The summed E-state index contributed by atoms with van der Waals surface area (Å²) in [5, 5.41) is 5.89. The minimum atomic E-state index is 0.130. The first-order valence-electron chi connectivity index (χ1n) is 4.40. The van der Waals surface area contributed by atoms with Crippen molar-refractivity contribution in [3.05, 3.63) is 38.8 Å². The van der Waals surface area contributed by atoms with E-state index in [9.17, 15) is 4.79 Å². The van der Waals surface area contributed by atoms with E-state index >= 15 is 0 Å². The molecule has 0 fully saturated rings. The van der Waals surface area contributed by atoms with E-state index in [0.717, 1.165) is 14.9 Å². The number of rotatable bonds is 3. The summed E-state index contributed by atoms with van der Waals surface area (Å²) >= 11 is 4.86. The number of carbonyl (C=O) groups excluding carboxylic acids is 1. The van der Waals surface area contributed by atoms with Crippen molar-refractivity contribution in [1.29, 1.82) is 0 Å². The van der Waals surface area contributed by atoms with Gasteiger partial charge in [-0.15, -0.1) is 11.3 Å². The molecule has 0 aromatic carbocycles. The van der Waals surface area contributed by atoms with Crippen molar-refractivity contribution in [2.75, 3.05) is 0 Å². The van der Waals surface area contributed by atoms with Crippen LogP contribution in [0.4, 0.5) is 0 Å². The number of carbonyl (C=O) groups is 1. The van der Waals surface area contributed by atoms with Gasteiger partial charge in [0.25, 0.3) is 0 Å². The van der Waals surface area contributed by atoms with Gasteiger partial charge in [-0.05, 0) is 27.6 Å². The van der Waals surface area contributed by atoms with Crippen molar-refractivity contribution >= 4 is 33.0 Å². The Morgan fingerprint density at radius 2 is 2.47 bits per heavy atom. The second kappa shape index (κ2) is 4.28. The van der Waals surface area contributed by atoms with E-state index in [1.807, 2.05) is 24.7 Å². The highest BCUT2D eigenvalue weighted by Gasteiger charge is 2.09. The highest BCUT2D eigenvalue weighted by molar-refractivity contribution is 9.11. The zero-order chi connectivity index (χ0) is 10.8. The SMILES string of the molecule is Cn1cc(CC(=O)c2csc(Br)c2)cn1. The minimum absolute atomic E-state index is 0.130. The van der Waals surface area contributed by atoms with Gasteiger partial charge in [0.05, 0.1) is 9.98 Å². The van der Waals surface area contributed by atoms with Gasteiger partial charge >= 0.3 is 0 Å². The highest BCUT2D eigenvalue weighted by atomic mass is 79.9. The van der Waals surface area contributed by atoms with Crippen LogP contribution in [-0.4, -0.2) is 15.6 Å². The molecule has 2 aromatic rings. The number of halogens is 1. The summed E-state index contributed by atoms with van der Waals surface area (Å²) < 4.78 is 2.68. The largest absolute Gasteiger partial charge is 0.294 e. The number of ketones is 1. The molecule has 0 saturated heterocycles. The summed E-state index contributed by atoms with van der Waals surface area (Å²) in [5.74, 6) is 0.130. The summed E-state index contributed by atoms with van der Waals surface area (Å²) in [7, 11) is 1.84. The maximum absolute atomic E-state index is 11.8. The van der Waals surface area contributed by atoms with Crippen LogP contribution in [0.3, 0.4) is 0 Å². The second-order valence-corrected chi connectivity index (χ2v) is 5.55. The molecule has 0 spiro atoms. The Morgan fingerprint density at radius 3 is 3.00 bits per heavy atom. The molecule has 0 bridgehead atoms. The van der Waals surface area contributed by atoms with Crippen molar-refractivity contribution < 1.29 is 4.79 Å². The lowest BCUT2D eigenvalue weighted by atomic mass is 10.1. The van der Waals surface area contributed by atoms with Crippen LogP contribution < -0.4 is 0 Å². The van der Waals surface area contributed by atoms with Crippen molar-refractivity contribution in [3.63, 3.8) is 0 Å². The fraction of sp³-hybridized carbons (Fsp3) is 0.200. The van der Waals surface area contributed by atoms with E-state index in [1.165, 1.54) is 11.3 Å². The number of aryl methyl sites for hydroxylation is 1. The molecule has 0 aliphatic heterocycles. The van der Waals surface area contributed by atoms with Crippen LogP contribution in [-0.2, 0) is 13.5 Å². The molecule has 0 aliphatic carbocycles. The van der Waals surface area contributed by atoms with E-state index in [-0.39, 0.29) is 5.78 Å². The average Bonchev–Trinajstić information content (AvgIpc) is 2.75. The Labute approximate surface area is 99.9 Å². The van der Waals surface area contributed by atoms with Gasteiger partial charge in [-0.1, -0.05) is 0 Å². The minimum Gasteiger partial charge on any atom is -0.294 e. The number of Topliss-reactive ketones (excluding diaryl/α,β-unsaturated/α-hetero) is 1. The van der Waals surface area contributed by atoms with E-state index in [0.29, 0.717) is 6.42 Å². The smallest absolute Gasteiger partial charge is 0.168 e. The van der Waals surface area contributed by atoms with Crippen LogP contribution >= 0.6 is 27.3 Å². The van der Waals surface area contributed by atoms with Crippen LogP contribution in [0.5, 0.6) is 0 Å². The van der Waals surface area contributed by atoms with Crippen LogP contribution in [0.15, 0.2) is 27.6 Å². The van der Waals surface area contributed by atoms with Gasteiger partial charge in [0.15, 0.2) is 5.78 Å². The number of nitrogens with zero attached hydrogens (tertiary/aromatic N) is 2. The molecule has 0 amide bonds. The fourth-order valence-corrected chi connectivity index (χ4v) is 2.47. The van der Waals surface area contributed by atoms with E-state index in [2.05, 4.69) is 21.0 Å². The fourth-order valence-electron chi connectivity index (χ4n) is 1.31. The molecule has 0 atom stereocenters. The maximum atomic E-state index is 11.8. The lowest BCUT2D eigenvalue weighted by Gasteiger charge is -1.93. The molecule has 2 aromatic heterocycles. The molecule has 78 valence electrons. The number of hydrogen-bond donors (Lipinski definition) is 0. The number of thiophene rings is 1. The summed E-state index contributed by atoms with van der Waals surface area (Å²) in [4.78, 5) is 11.8. The monoisotopic (exact) mass is 284 g/mol.